The van der Waals surface area contributed by atoms with Crippen LogP contribution in [0.4, 0.5) is 5.82 Å². The van der Waals surface area contributed by atoms with Gasteiger partial charge in [0.05, 0.1) is 0 Å². The average Bonchev–Trinajstić information content (AvgIpc) is 2.48. The molecule has 0 bridgehead atoms. The molecule has 0 aliphatic heterocycles. The van der Waals surface area contributed by atoms with Crippen LogP contribution in [0.1, 0.15) is 57.6 Å². The maximum Gasteiger partial charge on any atom is 0.133 e. The van der Waals surface area contributed by atoms with E-state index in [9.17, 15) is 0 Å². The molecule has 0 saturated heterocycles. The molecule has 1 heterocycles. The zero-order valence-electron chi connectivity index (χ0n) is 13.2. The first-order valence-electron chi connectivity index (χ1n) is 8.11. The van der Waals surface area contributed by atoms with Gasteiger partial charge < -0.3 is 10.2 Å². The minimum absolute atomic E-state index is 0.359. The quantitative estimate of drug-likeness (QED) is 0.856. The summed E-state index contributed by atoms with van der Waals surface area (Å²) in [6, 6.07) is 4.60. The third kappa shape index (κ3) is 3.95. The van der Waals surface area contributed by atoms with Gasteiger partial charge in [-0.15, -0.1) is 0 Å². The molecule has 1 aromatic heterocycles. The van der Waals surface area contributed by atoms with Crippen LogP contribution in [0.25, 0.3) is 0 Å². The Morgan fingerprint density at radius 2 is 2.10 bits per heavy atom. The van der Waals surface area contributed by atoms with Gasteiger partial charge in [0.15, 0.2) is 0 Å². The summed E-state index contributed by atoms with van der Waals surface area (Å²) in [6.45, 7) is 6.50. The van der Waals surface area contributed by atoms with Crippen molar-refractivity contribution < 1.29 is 0 Å². The monoisotopic (exact) mass is 275 g/mol. The molecule has 1 aliphatic rings. The Morgan fingerprint density at radius 1 is 1.35 bits per heavy atom. The number of nitrogens with zero attached hydrogens (tertiary/aromatic N) is 2. The van der Waals surface area contributed by atoms with E-state index in [2.05, 4.69) is 42.2 Å². The second-order valence-electron chi connectivity index (χ2n) is 6.08. The first-order valence-corrected chi connectivity index (χ1v) is 8.11. The van der Waals surface area contributed by atoms with Crippen LogP contribution in [0.2, 0.25) is 0 Å². The van der Waals surface area contributed by atoms with Crippen LogP contribution in [0.15, 0.2) is 18.3 Å². The Bertz CT molecular complexity index is 399. The van der Waals surface area contributed by atoms with E-state index < -0.39 is 0 Å². The maximum absolute atomic E-state index is 4.63. The number of nitrogens with one attached hydrogen (secondary N) is 1. The minimum atomic E-state index is 0.359. The Hall–Kier alpha value is -1.09. The van der Waals surface area contributed by atoms with Crippen molar-refractivity contribution in [2.45, 2.75) is 52.0 Å². The highest BCUT2D eigenvalue weighted by Gasteiger charge is 2.19. The average molecular weight is 275 g/mol. The lowest BCUT2D eigenvalue weighted by Crippen LogP contribution is -2.29. The summed E-state index contributed by atoms with van der Waals surface area (Å²) in [5, 5.41) is 3.49. The lowest BCUT2D eigenvalue weighted by Gasteiger charge is -2.29. The van der Waals surface area contributed by atoms with Crippen LogP contribution < -0.4 is 10.2 Å². The van der Waals surface area contributed by atoms with Crippen LogP contribution >= 0.6 is 0 Å². The summed E-state index contributed by atoms with van der Waals surface area (Å²) < 4.78 is 0. The third-order valence-corrected chi connectivity index (χ3v) is 4.41. The molecule has 0 radical (unpaired) electrons. The van der Waals surface area contributed by atoms with Gasteiger partial charge in [-0.1, -0.05) is 32.3 Å². The van der Waals surface area contributed by atoms with Gasteiger partial charge in [-0.3, -0.25) is 0 Å². The fraction of sp³-hybridized carbons (Fsp3) is 0.706. The molecule has 112 valence electrons. The van der Waals surface area contributed by atoms with Crippen molar-refractivity contribution in [1.29, 1.82) is 0 Å². The normalized spacial score (nSPS) is 17.9. The molecular weight excluding hydrogens is 246 g/mol. The number of hydrogen-bond donors (Lipinski definition) is 1. The molecule has 0 aromatic carbocycles. The second kappa shape index (κ2) is 7.63. The molecule has 1 unspecified atom stereocenters. The topological polar surface area (TPSA) is 28.2 Å². The number of rotatable bonds is 6. The molecule has 3 heteroatoms. The smallest absolute Gasteiger partial charge is 0.133 e. The van der Waals surface area contributed by atoms with Crippen molar-refractivity contribution >= 4 is 5.82 Å². The second-order valence-corrected chi connectivity index (χ2v) is 6.08. The third-order valence-electron chi connectivity index (χ3n) is 4.41. The van der Waals surface area contributed by atoms with E-state index in [1.54, 1.807) is 0 Å². The standard InChI is InChI=1S/C17H29N3/c1-4-18-14(2)16-11-8-12-19-17(16)20(3)13-15-9-6-5-7-10-15/h8,11-12,14-15,18H,4-7,9-10,13H2,1-3H3. The van der Waals surface area contributed by atoms with E-state index in [0.717, 1.165) is 24.8 Å². The maximum atomic E-state index is 4.63. The Morgan fingerprint density at radius 3 is 2.80 bits per heavy atom. The Kier molecular flexibility index (Phi) is 5.84. The summed E-state index contributed by atoms with van der Waals surface area (Å²) >= 11 is 0. The summed E-state index contributed by atoms with van der Waals surface area (Å²) in [6.07, 6.45) is 8.91. The van der Waals surface area contributed by atoms with Crippen LogP contribution in [0.5, 0.6) is 0 Å². The van der Waals surface area contributed by atoms with Gasteiger partial charge in [0.2, 0.25) is 0 Å². The zero-order valence-corrected chi connectivity index (χ0v) is 13.2. The zero-order chi connectivity index (χ0) is 14.4. The molecule has 1 fully saturated rings. The fourth-order valence-corrected chi connectivity index (χ4v) is 3.33. The summed E-state index contributed by atoms with van der Waals surface area (Å²) in [4.78, 5) is 6.99. The molecule has 1 N–H and O–H groups in total. The van der Waals surface area contributed by atoms with E-state index in [1.165, 1.54) is 37.7 Å². The summed E-state index contributed by atoms with van der Waals surface area (Å²) in [5.74, 6) is 1.99. The predicted octanol–water partition coefficient (Wildman–Crippen LogP) is 3.77. The van der Waals surface area contributed by atoms with Gasteiger partial charge in [-0.2, -0.15) is 0 Å². The van der Waals surface area contributed by atoms with E-state index >= 15 is 0 Å². The van der Waals surface area contributed by atoms with Gasteiger partial charge in [0.1, 0.15) is 5.82 Å². The number of anilines is 1. The first-order chi connectivity index (χ1) is 9.72. The van der Waals surface area contributed by atoms with Crippen molar-refractivity contribution in [3.63, 3.8) is 0 Å². The molecule has 2 rings (SSSR count). The van der Waals surface area contributed by atoms with Crippen molar-refractivity contribution in [2.24, 2.45) is 5.92 Å². The summed E-state index contributed by atoms with van der Waals surface area (Å²) in [7, 11) is 2.19. The fourth-order valence-electron chi connectivity index (χ4n) is 3.33. The van der Waals surface area contributed by atoms with Gasteiger partial charge in [0.25, 0.3) is 0 Å². The van der Waals surface area contributed by atoms with E-state index in [1.807, 2.05) is 12.3 Å². The molecule has 1 atom stereocenters. The predicted molar refractivity (Wildman–Crippen MR) is 86.2 cm³/mol. The highest BCUT2D eigenvalue weighted by molar-refractivity contribution is 5.47. The van der Waals surface area contributed by atoms with Crippen molar-refractivity contribution in [2.75, 3.05) is 25.0 Å². The number of pyridine rings is 1. The molecule has 0 spiro atoms. The highest BCUT2D eigenvalue weighted by Crippen LogP contribution is 2.28. The number of hydrogen-bond acceptors (Lipinski definition) is 3. The van der Waals surface area contributed by atoms with Crippen molar-refractivity contribution in [1.82, 2.24) is 10.3 Å². The molecule has 20 heavy (non-hydrogen) atoms. The molecule has 1 aliphatic carbocycles. The first kappa shape index (κ1) is 15.3. The largest absolute Gasteiger partial charge is 0.359 e. The Labute approximate surface area is 123 Å². The molecule has 0 amide bonds. The molecule has 3 nitrogen and oxygen atoms in total. The van der Waals surface area contributed by atoms with Crippen LogP contribution in [0, 0.1) is 5.92 Å². The van der Waals surface area contributed by atoms with Crippen molar-refractivity contribution in [3.05, 3.63) is 23.9 Å². The summed E-state index contributed by atoms with van der Waals surface area (Å²) in [5.41, 5.74) is 1.31. The van der Waals surface area contributed by atoms with E-state index in [4.69, 9.17) is 0 Å². The van der Waals surface area contributed by atoms with Gasteiger partial charge in [-0.25, -0.2) is 4.98 Å². The lowest BCUT2D eigenvalue weighted by atomic mass is 9.89. The highest BCUT2D eigenvalue weighted by atomic mass is 15.2. The Balaban J connectivity index is 2.06. The van der Waals surface area contributed by atoms with E-state index in [-0.39, 0.29) is 0 Å². The lowest BCUT2D eigenvalue weighted by molar-refractivity contribution is 0.361. The SMILES string of the molecule is CCNC(C)c1cccnc1N(C)CC1CCCCC1. The van der Waals surface area contributed by atoms with Gasteiger partial charge in [0, 0.05) is 31.4 Å². The number of aromatic nitrogens is 1. The van der Waals surface area contributed by atoms with Crippen molar-refractivity contribution in [3.8, 4) is 0 Å². The minimum Gasteiger partial charge on any atom is -0.359 e. The van der Waals surface area contributed by atoms with Crippen LogP contribution in [-0.2, 0) is 0 Å². The van der Waals surface area contributed by atoms with Crippen LogP contribution in [-0.4, -0.2) is 25.1 Å². The molecule has 1 aromatic rings. The van der Waals surface area contributed by atoms with Gasteiger partial charge >= 0.3 is 0 Å². The van der Waals surface area contributed by atoms with E-state index in [0.29, 0.717) is 6.04 Å². The molecular formula is C17H29N3. The van der Waals surface area contributed by atoms with Crippen LogP contribution in [0.3, 0.4) is 0 Å². The molecule has 1 saturated carbocycles. The van der Waals surface area contributed by atoms with Gasteiger partial charge in [-0.05, 0) is 38.3 Å².